The van der Waals surface area contributed by atoms with Gasteiger partial charge in [-0.15, -0.1) is 0 Å². The van der Waals surface area contributed by atoms with Gasteiger partial charge in [-0.3, -0.25) is 4.79 Å². The van der Waals surface area contributed by atoms with Gasteiger partial charge in [-0.25, -0.2) is 4.79 Å². The quantitative estimate of drug-likeness (QED) is 0.573. The van der Waals surface area contributed by atoms with Crippen molar-refractivity contribution in [2.24, 2.45) is 0 Å². The van der Waals surface area contributed by atoms with Crippen LogP contribution in [0.25, 0.3) is 0 Å². The van der Waals surface area contributed by atoms with E-state index in [4.69, 9.17) is 14.9 Å². The van der Waals surface area contributed by atoms with Crippen molar-refractivity contribution in [3.63, 3.8) is 0 Å². The monoisotopic (exact) mass is 231 g/mol. The Balaban J connectivity index is 2.32. The fourth-order valence-electron chi connectivity index (χ4n) is 1.65. The van der Waals surface area contributed by atoms with Crippen LogP contribution in [0.2, 0.25) is 0 Å². The van der Waals surface area contributed by atoms with Gasteiger partial charge in [0.15, 0.2) is 0 Å². The van der Waals surface area contributed by atoms with Gasteiger partial charge in [-0.05, 0) is 12.8 Å². The first-order valence-electron chi connectivity index (χ1n) is 5.38. The maximum Gasteiger partial charge on any atom is 0.326 e. The van der Waals surface area contributed by atoms with Crippen molar-refractivity contribution in [1.82, 2.24) is 5.32 Å². The minimum absolute atomic E-state index is 0.0204. The van der Waals surface area contributed by atoms with Crippen LogP contribution in [0.1, 0.15) is 25.7 Å². The number of aliphatic hydroxyl groups excluding tert-OH is 1. The first-order chi connectivity index (χ1) is 7.63. The number of carboxylic acids is 1. The molecule has 0 aromatic heterocycles. The second kappa shape index (κ2) is 6.44. The number of carbonyl (C=O) groups is 2. The average Bonchev–Trinajstić information content (AvgIpc) is 2.69. The summed E-state index contributed by atoms with van der Waals surface area (Å²) in [6, 6.07) is -1.01. The summed E-state index contributed by atoms with van der Waals surface area (Å²) in [4.78, 5) is 22.2. The Bertz CT molecular complexity index is 250. The number of aliphatic hydroxyl groups is 1. The Kier molecular flexibility index (Phi) is 5.21. The highest BCUT2D eigenvalue weighted by Gasteiger charge is 2.23. The molecule has 6 heteroatoms. The van der Waals surface area contributed by atoms with Crippen molar-refractivity contribution < 1.29 is 24.5 Å². The van der Waals surface area contributed by atoms with E-state index in [-0.39, 0.29) is 31.5 Å². The molecule has 0 aliphatic carbocycles. The summed E-state index contributed by atoms with van der Waals surface area (Å²) in [7, 11) is 0. The van der Waals surface area contributed by atoms with Crippen LogP contribution in [0.4, 0.5) is 0 Å². The number of nitrogens with one attached hydrogen (secondary N) is 1. The molecular formula is C10H17NO5. The van der Waals surface area contributed by atoms with Crippen LogP contribution in [0, 0.1) is 0 Å². The number of ether oxygens (including phenoxy) is 1. The van der Waals surface area contributed by atoms with Crippen molar-refractivity contribution in [3.05, 3.63) is 0 Å². The topological polar surface area (TPSA) is 95.9 Å². The van der Waals surface area contributed by atoms with Crippen molar-refractivity contribution >= 4 is 11.9 Å². The number of amides is 1. The van der Waals surface area contributed by atoms with Crippen LogP contribution in [0.5, 0.6) is 0 Å². The minimum atomic E-state index is -1.13. The molecule has 6 nitrogen and oxygen atoms in total. The van der Waals surface area contributed by atoms with E-state index in [0.717, 1.165) is 12.8 Å². The Morgan fingerprint density at radius 3 is 2.75 bits per heavy atom. The third-order valence-electron chi connectivity index (χ3n) is 2.49. The molecule has 1 rings (SSSR count). The summed E-state index contributed by atoms with van der Waals surface area (Å²) in [5.41, 5.74) is 0. The largest absolute Gasteiger partial charge is 0.480 e. The Morgan fingerprint density at radius 2 is 2.25 bits per heavy atom. The molecule has 16 heavy (non-hydrogen) atoms. The molecule has 92 valence electrons. The van der Waals surface area contributed by atoms with Crippen molar-refractivity contribution in [1.29, 1.82) is 0 Å². The van der Waals surface area contributed by atoms with Crippen LogP contribution >= 0.6 is 0 Å². The zero-order valence-corrected chi connectivity index (χ0v) is 9.02. The van der Waals surface area contributed by atoms with E-state index < -0.39 is 12.0 Å². The molecule has 3 N–H and O–H groups in total. The van der Waals surface area contributed by atoms with Crippen molar-refractivity contribution in [2.45, 2.75) is 37.8 Å². The van der Waals surface area contributed by atoms with Gasteiger partial charge in [0.1, 0.15) is 6.04 Å². The molecule has 0 aromatic rings. The van der Waals surface area contributed by atoms with E-state index in [9.17, 15) is 9.59 Å². The lowest BCUT2D eigenvalue weighted by Crippen LogP contribution is -2.42. The maximum absolute atomic E-state index is 11.5. The van der Waals surface area contributed by atoms with Gasteiger partial charge >= 0.3 is 5.97 Å². The van der Waals surface area contributed by atoms with Gasteiger partial charge in [0.05, 0.1) is 12.5 Å². The molecule has 2 atom stereocenters. The zero-order chi connectivity index (χ0) is 12.0. The van der Waals surface area contributed by atoms with Gasteiger partial charge in [-0.2, -0.15) is 0 Å². The van der Waals surface area contributed by atoms with Crippen LogP contribution in [-0.4, -0.2) is 47.4 Å². The molecule has 0 spiro atoms. The summed E-state index contributed by atoms with van der Waals surface area (Å²) < 4.78 is 5.27. The number of hydrogen-bond acceptors (Lipinski definition) is 4. The normalized spacial score (nSPS) is 21.7. The predicted molar refractivity (Wildman–Crippen MR) is 54.9 cm³/mol. The molecule has 0 bridgehead atoms. The molecular weight excluding hydrogens is 214 g/mol. The van der Waals surface area contributed by atoms with Crippen LogP contribution in [-0.2, 0) is 14.3 Å². The average molecular weight is 231 g/mol. The molecule has 0 aromatic carbocycles. The highest BCUT2D eigenvalue weighted by molar-refractivity contribution is 5.83. The van der Waals surface area contributed by atoms with Gasteiger partial charge in [-0.1, -0.05) is 0 Å². The number of carbonyl (C=O) groups excluding carboxylic acids is 1. The first-order valence-corrected chi connectivity index (χ1v) is 5.38. The van der Waals surface area contributed by atoms with Gasteiger partial charge in [0, 0.05) is 19.6 Å². The SMILES string of the molecule is O=C(CC1CCCO1)NC(CCO)C(=O)O. The summed E-state index contributed by atoms with van der Waals surface area (Å²) in [5.74, 6) is -1.47. The second-order valence-electron chi connectivity index (χ2n) is 3.81. The lowest BCUT2D eigenvalue weighted by atomic mass is 10.1. The number of hydrogen-bond donors (Lipinski definition) is 3. The van der Waals surface area contributed by atoms with Crippen LogP contribution in [0.15, 0.2) is 0 Å². The van der Waals surface area contributed by atoms with Gasteiger partial charge < -0.3 is 20.3 Å². The van der Waals surface area contributed by atoms with Crippen molar-refractivity contribution in [2.75, 3.05) is 13.2 Å². The third kappa shape index (κ3) is 4.16. The lowest BCUT2D eigenvalue weighted by molar-refractivity contribution is -0.142. The fourth-order valence-corrected chi connectivity index (χ4v) is 1.65. The van der Waals surface area contributed by atoms with Crippen LogP contribution < -0.4 is 5.32 Å². The number of rotatable bonds is 6. The fraction of sp³-hybridized carbons (Fsp3) is 0.800. The summed E-state index contributed by atoms with van der Waals surface area (Å²) in [6.07, 6.45) is 1.90. The zero-order valence-electron chi connectivity index (χ0n) is 9.02. The molecule has 2 unspecified atom stereocenters. The predicted octanol–water partition coefficient (Wildman–Crippen LogP) is -0.493. The van der Waals surface area contributed by atoms with Crippen LogP contribution in [0.3, 0.4) is 0 Å². The second-order valence-corrected chi connectivity index (χ2v) is 3.81. The number of aliphatic carboxylic acids is 1. The maximum atomic E-state index is 11.5. The van der Waals surface area contributed by atoms with Gasteiger partial charge in [0.25, 0.3) is 0 Å². The van der Waals surface area contributed by atoms with Gasteiger partial charge in [0.2, 0.25) is 5.91 Å². The van der Waals surface area contributed by atoms with E-state index in [1.165, 1.54) is 0 Å². The Hall–Kier alpha value is -1.14. The molecule has 1 aliphatic rings. The van der Waals surface area contributed by atoms with E-state index in [2.05, 4.69) is 5.32 Å². The van der Waals surface area contributed by atoms with Crippen molar-refractivity contribution in [3.8, 4) is 0 Å². The third-order valence-corrected chi connectivity index (χ3v) is 2.49. The summed E-state index contributed by atoms with van der Waals surface area (Å²) >= 11 is 0. The smallest absolute Gasteiger partial charge is 0.326 e. The Morgan fingerprint density at radius 1 is 1.50 bits per heavy atom. The molecule has 0 radical (unpaired) electrons. The molecule has 1 amide bonds. The lowest BCUT2D eigenvalue weighted by Gasteiger charge is -2.15. The number of carboxylic acid groups (broad SMARTS) is 1. The van der Waals surface area contributed by atoms with E-state index in [1.807, 2.05) is 0 Å². The standard InChI is InChI=1S/C10H17NO5/c12-4-3-8(10(14)15)11-9(13)6-7-2-1-5-16-7/h7-8,12H,1-6H2,(H,11,13)(H,14,15). The molecule has 1 heterocycles. The highest BCUT2D eigenvalue weighted by Crippen LogP contribution is 2.15. The first kappa shape index (κ1) is 12.9. The van der Waals surface area contributed by atoms with E-state index >= 15 is 0 Å². The Labute approximate surface area is 93.6 Å². The molecule has 1 aliphatic heterocycles. The molecule has 0 saturated carbocycles. The molecule has 1 saturated heterocycles. The summed E-state index contributed by atoms with van der Waals surface area (Å²) in [6.45, 7) is 0.397. The molecule has 1 fully saturated rings. The van der Waals surface area contributed by atoms with E-state index in [0.29, 0.717) is 6.61 Å². The summed E-state index contributed by atoms with van der Waals surface area (Å²) in [5, 5.41) is 19.8. The highest BCUT2D eigenvalue weighted by atomic mass is 16.5. The minimum Gasteiger partial charge on any atom is -0.480 e. The van der Waals surface area contributed by atoms with E-state index in [1.54, 1.807) is 0 Å².